The van der Waals surface area contributed by atoms with Crippen molar-refractivity contribution in [1.29, 1.82) is 0 Å². The maximum absolute atomic E-state index is 11.9. The van der Waals surface area contributed by atoms with Crippen LogP contribution < -0.4 is 15.5 Å². The van der Waals surface area contributed by atoms with E-state index in [0.717, 1.165) is 38.4 Å². The Bertz CT molecular complexity index is 535. The van der Waals surface area contributed by atoms with Gasteiger partial charge in [0.15, 0.2) is 0 Å². The molecule has 7 nitrogen and oxygen atoms in total. The molecule has 2 fully saturated rings. The molecule has 0 aromatic carbocycles. The maximum atomic E-state index is 11.9. The summed E-state index contributed by atoms with van der Waals surface area (Å²) in [5.41, 5.74) is 0.679. The number of hydrogen-bond acceptors (Lipinski definition) is 5. The molecule has 1 aromatic rings. The van der Waals surface area contributed by atoms with Gasteiger partial charge >= 0.3 is 6.03 Å². The second kappa shape index (κ2) is 7.81. The van der Waals surface area contributed by atoms with Crippen molar-refractivity contribution in [3.05, 3.63) is 18.3 Å². The number of pyridine rings is 1. The molecular weight excluding hydrogens is 308 g/mol. The van der Waals surface area contributed by atoms with Crippen LogP contribution in [0, 0.1) is 0 Å². The topological polar surface area (TPSA) is 75.7 Å². The van der Waals surface area contributed by atoms with E-state index in [1.807, 2.05) is 12.1 Å². The summed E-state index contributed by atoms with van der Waals surface area (Å²) in [5, 5.41) is 5.64. The van der Waals surface area contributed by atoms with Crippen LogP contribution in [0.15, 0.2) is 18.3 Å². The van der Waals surface area contributed by atoms with Gasteiger partial charge in [0.25, 0.3) is 0 Å². The molecule has 2 aliphatic heterocycles. The zero-order valence-electron chi connectivity index (χ0n) is 14.3. The molecule has 2 amide bonds. The van der Waals surface area contributed by atoms with E-state index in [1.165, 1.54) is 0 Å². The van der Waals surface area contributed by atoms with Crippen molar-refractivity contribution in [1.82, 2.24) is 10.3 Å². The summed E-state index contributed by atoms with van der Waals surface area (Å²) in [6.45, 7) is 7.12. The maximum Gasteiger partial charge on any atom is 0.319 e. The van der Waals surface area contributed by atoms with Crippen molar-refractivity contribution in [3.8, 4) is 0 Å². The molecule has 0 radical (unpaired) electrons. The average molecular weight is 334 g/mol. The van der Waals surface area contributed by atoms with Crippen molar-refractivity contribution >= 4 is 17.5 Å². The first-order valence-corrected chi connectivity index (χ1v) is 8.63. The predicted octanol–water partition coefficient (Wildman–Crippen LogP) is 2.00. The first-order chi connectivity index (χ1) is 11.6. The van der Waals surface area contributed by atoms with Gasteiger partial charge in [-0.05, 0) is 38.8 Å². The Kier molecular flexibility index (Phi) is 5.52. The predicted molar refractivity (Wildman–Crippen MR) is 92.5 cm³/mol. The molecule has 7 heteroatoms. The average Bonchev–Trinajstić information content (AvgIpc) is 3.06. The molecule has 2 aliphatic rings. The Hall–Kier alpha value is -1.86. The number of nitrogens with one attached hydrogen (secondary N) is 2. The molecule has 0 saturated carbocycles. The summed E-state index contributed by atoms with van der Waals surface area (Å²) in [6, 6.07) is 3.58. The lowest BCUT2D eigenvalue weighted by atomic mass is 10.2. The molecule has 24 heavy (non-hydrogen) atoms. The lowest BCUT2D eigenvalue weighted by Gasteiger charge is -2.36. The van der Waals surface area contributed by atoms with Crippen LogP contribution in [0.4, 0.5) is 16.3 Å². The molecule has 1 aromatic heterocycles. The molecule has 3 rings (SSSR count). The van der Waals surface area contributed by atoms with Gasteiger partial charge in [-0.15, -0.1) is 0 Å². The van der Waals surface area contributed by atoms with E-state index in [4.69, 9.17) is 9.47 Å². The molecule has 3 atom stereocenters. The number of anilines is 2. The number of urea groups is 1. The highest BCUT2D eigenvalue weighted by atomic mass is 16.5. The third-order valence-corrected chi connectivity index (χ3v) is 4.26. The smallest absolute Gasteiger partial charge is 0.319 e. The van der Waals surface area contributed by atoms with E-state index in [0.29, 0.717) is 12.2 Å². The summed E-state index contributed by atoms with van der Waals surface area (Å²) >= 11 is 0. The summed E-state index contributed by atoms with van der Waals surface area (Å²) < 4.78 is 11.2. The third-order valence-electron chi connectivity index (χ3n) is 4.26. The van der Waals surface area contributed by atoms with E-state index in [2.05, 4.69) is 34.4 Å². The molecule has 3 heterocycles. The fraction of sp³-hybridized carbons (Fsp3) is 0.647. The van der Waals surface area contributed by atoms with Crippen molar-refractivity contribution < 1.29 is 14.3 Å². The minimum Gasteiger partial charge on any atom is -0.376 e. The van der Waals surface area contributed by atoms with Crippen LogP contribution in [-0.2, 0) is 9.47 Å². The van der Waals surface area contributed by atoms with Crippen molar-refractivity contribution in [2.24, 2.45) is 0 Å². The molecule has 0 spiro atoms. The first-order valence-electron chi connectivity index (χ1n) is 8.63. The Morgan fingerprint density at radius 3 is 2.75 bits per heavy atom. The molecule has 0 aliphatic carbocycles. The van der Waals surface area contributed by atoms with Crippen LogP contribution in [-0.4, -0.2) is 55.6 Å². The number of ether oxygens (including phenoxy) is 2. The van der Waals surface area contributed by atoms with Gasteiger partial charge in [-0.2, -0.15) is 0 Å². The standard InChI is InChI=1S/C17H26N4O3/c1-12-10-21(11-13(2)24-12)16-6-5-14(8-18-16)20-17(22)19-9-15-4-3-7-23-15/h5-6,8,12-13,15H,3-4,7,9-11H2,1-2H3,(H2,19,20,22)/t12-,13+,15-/m1/s1. The lowest BCUT2D eigenvalue weighted by molar-refractivity contribution is -0.00545. The Morgan fingerprint density at radius 1 is 1.33 bits per heavy atom. The molecule has 0 bridgehead atoms. The van der Waals surface area contributed by atoms with E-state index in [1.54, 1.807) is 6.20 Å². The van der Waals surface area contributed by atoms with Gasteiger partial charge in [-0.3, -0.25) is 0 Å². The van der Waals surface area contributed by atoms with E-state index < -0.39 is 0 Å². The summed E-state index contributed by atoms with van der Waals surface area (Å²) in [5.74, 6) is 0.905. The number of hydrogen-bond donors (Lipinski definition) is 2. The SMILES string of the molecule is C[C@@H]1CN(c2ccc(NC(=O)NC[C@H]3CCCO3)cn2)C[C@H](C)O1. The normalized spacial score (nSPS) is 27.1. The fourth-order valence-electron chi connectivity index (χ4n) is 3.20. The number of nitrogens with zero attached hydrogens (tertiary/aromatic N) is 2. The Morgan fingerprint density at radius 2 is 2.12 bits per heavy atom. The number of morpholine rings is 1. The first kappa shape index (κ1) is 17.0. The molecule has 132 valence electrons. The summed E-state index contributed by atoms with van der Waals surface area (Å²) in [4.78, 5) is 18.6. The van der Waals surface area contributed by atoms with Crippen LogP contribution in [0.1, 0.15) is 26.7 Å². The van der Waals surface area contributed by atoms with Gasteiger partial charge in [-0.1, -0.05) is 0 Å². The Balaban J connectivity index is 1.49. The largest absolute Gasteiger partial charge is 0.376 e. The minimum absolute atomic E-state index is 0.140. The number of amides is 2. The van der Waals surface area contributed by atoms with Crippen molar-refractivity contribution in [3.63, 3.8) is 0 Å². The molecular formula is C17H26N4O3. The molecule has 0 unspecified atom stereocenters. The lowest BCUT2D eigenvalue weighted by Crippen LogP contribution is -2.45. The van der Waals surface area contributed by atoms with E-state index in [-0.39, 0.29) is 24.3 Å². The monoisotopic (exact) mass is 334 g/mol. The second-order valence-electron chi connectivity index (χ2n) is 6.54. The van der Waals surface area contributed by atoms with Gasteiger partial charge in [0, 0.05) is 26.2 Å². The van der Waals surface area contributed by atoms with E-state index in [9.17, 15) is 4.79 Å². The molecule has 2 N–H and O–H groups in total. The number of aromatic nitrogens is 1. The van der Waals surface area contributed by atoms with Gasteiger partial charge < -0.3 is 25.0 Å². The summed E-state index contributed by atoms with van der Waals surface area (Å²) in [7, 11) is 0. The number of rotatable bonds is 4. The van der Waals surface area contributed by atoms with Crippen LogP contribution in [0.3, 0.4) is 0 Å². The summed E-state index contributed by atoms with van der Waals surface area (Å²) in [6.07, 6.45) is 4.28. The number of carbonyl (C=O) groups is 1. The zero-order chi connectivity index (χ0) is 16.9. The van der Waals surface area contributed by atoms with E-state index >= 15 is 0 Å². The Labute approximate surface area is 142 Å². The quantitative estimate of drug-likeness (QED) is 0.881. The third kappa shape index (κ3) is 4.58. The number of carbonyl (C=O) groups excluding carboxylic acids is 1. The van der Waals surface area contributed by atoms with Crippen LogP contribution in [0.25, 0.3) is 0 Å². The highest BCUT2D eigenvalue weighted by molar-refractivity contribution is 5.89. The second-order valence-corrected chi connectivity index (χ2v) is 6.54. The van der Waals surface area contributed by atoms with Crippen LogP contribution >= 0.6 is 0 Å². The van der Waals surface area contributed by atoms with Gasteiger partial charge in [-0.25, -0.2) is 9.78 Å². The van der Waals surface area contributed by atoms with Gasteiger partial charge in [0.2, 0.25) is 0 Å². The minimum atomic E-state index is -0.228. The van der Waals surface area contributed by atoms with Crippen LogP contribution in [0.2, 0.25) is 0 Å². The van der Waals surface area contributed by atoms with Gasteiger partial charge in [0.1, 0.15) is 5.82 Å². The zero-order valence-corrected chi connectivity index (χ0v) is 14.3. The van der Waals surface area contributed by atoms with Crippen molar-refractivity contribution in [2.45, 2.75) is 45.0 Å². The molecule has 2 saturated heterocycles. The fourth-order valence-corrected chi connectivity index (χ4v) is 3.20. The van der Waals surface area contributed by atoms with Crippen molar-refractivity contribution in [2.75, 3.05) is 36.5 Å². The van der Waals surface area contributed by atoms with Crippen LogP contribution in [0.5, 0.6) is 0 Å². The van der Waals surface area contributed by atoms with Gasteiger partial charge in [0.05, 0.1) is 30.2 Å². The highest BCUT2D eigenvalue weighted by Crippen LogP contribution is 2.19. The highest BCUT2D eigenvalue weighted by Gasteiger charge is 2.23.